The van der Waals surface area contributed by atoms with Crippen molar-refractivity contribution in [3.63, 3.8) is 0 Å². The quantitative estimate of drug-likeness (QED) is 0.456. The summed E-state index contributed by atoms with van der Waals surface area (Å²) in [6.45, 7) is 0. The molecule has 0 N–H and O–H groups in total. The smallest absolute Gasteiger partial charge is 0 e. The molecule has 0 spiro atoms. The zero-order chi connectivity index (χ0) is 5.66. The monoisotopic (exact) mass is 247 g/mol. The Labute approximate surface area is 81.9 Å². The largest absolute Gasteiger partial charge is 0.147 e. The molecule has 0 heterocycles. The molecule has 10 heavy (non-hydrogen) atoms. The van der Waals surface area contributed by atoms with Crippen LogP contribution in [0.4, 0.5) is 0 Å². The molecule has 0 unspecified atom stereocenters. The van der Waals surface area contributed by atoms with E-state index in [0.29, 0.717) is 0 Å². The average Bonchev–Trinajstić information content (AvgIpc) is 1.62. The molecule has 1 aliphatic rings. The van der Waals surface area contributed by atoms with Gasteiger partial charge < -0.3 is 0 Å². The van der Waals surface area contributed by atoms with E-state index < -0.39 is 0 Å². The Bertz CT molecular complexity index is 81.8. The van der Waals surface area contributed by atoms with Gasteiger partial charge in [0.15, 0.2) is 0 Å². The minimum Gasteiger partial charge on any atom is -0.147 e. The molecule has 0 aliphatic heterocycles. The van der Waals surface area contributed by atoms with Gasteiger partial charge in [-0.15, -0.1) is 12.4 Å². The molecule has 0 saturated heterocycles. The molecule has 0 saturated carbocycles. The third-order valence-corrected chi connectivity index (χ3v) is 1.33. The van der Waals surface area contributed by atoms with E-state index in [4.69, 9.17) is 0 Å². The van der Waals surface area contributed by atoms with Crippen molar-refractivity contribution in [2.45, 2.75) is 25.7 Å². The first-order chi connectivity index (χ1) is 4.00. The van der Waals surface area contributed by atoms with E-state index in [2.05, 4.69) is 24.3 Å². The number of rotatable bonds is 0. The Morgan fingerprint density at radius 1 is 0.600 bits per heavy atom. The van der Waals surface area contributed by atoms with Crippen LogP contribution < -0.4 is 0 Å². The summed E-state index contributed by atoms with van der Waals surface area (Å²) in [6.07, 6.45) is 14.0. The van der Waals surface area contributed by atoms with Crippen molar-refractivity contribution in [2.75, 3.05) is 0 Å². The summed E-state index contributed by atoms with van der Waals surface area (Å²) in [5, 5.41) is 0. The van der Waals surface area contributed by atoms with Gasteiger partial charge in [0.25, 0.3) is 0 Å². The van der Waals surface area contributed by atoms with Crippen molar-refractivity contribution in [2.24, 2.45) is 0 Å². The van der Waals surface area contributed by atoms with Crippen LogP contribution in [0.3, 0.4) is 0 Å². The Hall–Kier alpha value is 0.393. The van der Waals surface area contributed by atoms with E-state index in [1.807, 2.05) is 0 Å². The van der Waals surface area contributed by atoms with Crippen molar-refractivity contribution < 1.29 is 19.5 Å². The summed E-state index contributed by atoms with van der Waals surface area (Å²) in [5.41, 5.74) is 0. The van der Waals surface area contributed by atoms with E-state index >= 15 is 0 Å². The molecular weight excluding hydrogens is 234 g/mol. The molecule has 1 aliphatic carbocycles. The Kier molecular flexibility index (Phi) is 12.2. The number of allylic oxidation sites excluding steroid dienone is 4. The van der Waals surface area contributed by atoms with E-state index in [9.17, 15) is 0 Å². The topological polar surface area (TPSA) is 0 Å². The van der Waals surface area contributed by atoms with E-state index in [0.717, 1.165) is 0 Å². The summed E-state index contributed by atoms with van der Waals surface area (Å²) >= 11 is 0. The maximum absolute atomic E-state index is 2.27. The van der Waals surface area contributed by atoms with Crippen LogP contribution in [0.5, 0.6) is 0 Å². The SMILES string of the molecule is C1=CCCC=CCC1.Cl.[Rh]. The van der Waals surface area contributed by atoms with E-state index in [1.54, 1.807) is 0 Å². The molecule has 2 heteroatoms. The molecule has 61 valence electrons. The second-order valence-corrected chi connectivity index (χ2v) is 2.10. The number of hydrogen-bond acceptors (Lipinski definition) is 0. The van der Waals surface area contributed by atoms with Crippen LogP contribution in [-0.4, -0.2) is 0 Å². The standard InChI is InChI=1S/C8H12.ClH.Rh/c1-2-4-6-8-7-5-3-1;;/h1-2,7-8H,3-6H2;1H;. The maximum atomic E-state index is 2.27. The third kappa shape index (κ3) is 6.51. The first kappa shape index (κ1) is 13.0. The van der Waals surface area contributed by atoms with Crippen molar-refractivity contribution in [3.05, 3.63) is 24.3 Å². The van der Waals surface area contributed by atoms with Crippen molar-refractivity contribution in [1.29, 1.82) is 0 Å². The summed E-state index contributed by atoms with van der Waals surface area (Å²) in [4.78, 5) is 0. The Morgan fingerprint density at radius 2 is 0.800 bits per heavy atom. The molecule has 0 aromatic heterocycles. The van der Waals surface area contributed by atoms with Gasteiger partial charge in [-0.25, -0.2) is 0 Å². The van der Waals surface area contributed by atoms with Crippen LogP contribution in [0, 0.1) is 0 Å². The molecule has 0 fully saturated rings. The summed E-state index contributed by atoms with van der Waals surface area (Å²) < 4.78 is 0. The van der Waals surface area contributed by atoms with Gasteiger partial charge >= 0.3 is 0 Å². The van der Waals surface area contributed by atoms with Gasteiger partial charge in [0.05, 0.1) is 0 Å². The van der Waals surface area contributed by atoms with Crippen LogP contribution in [0.1, 0.15) is 25.7 Å². The van der Waals surface area contributed by atoms with Crippen LogP contribution >= 0.6 is 12.4 Å². The van der Waals surface area contributed by atoms with E-state index in [-0.39, 0.29) is 31.9 Å². The van der Waals surface area contributed by atoms with Gasteiger partial charge in [0, 0.05) is 19.5 Å². The van der Waals surface area contributed by atoms with Gasteiger partial charge in [-0.05, 0) is 25.7 Å². The van der Waals surface area contributed by atoms with Gasteiger partial charge in [0.2, 0.25) is 0 Å². The fourth-order valence-electron chi connectivity index (χ4n) is 0.856. The molecule has 0 aromatic carbocycles. The normalized spacial score (nSPS) is 16.0. The van der Waals surface area contributed by atoms with Crippen molar-refractivity contribution in [3.8, 4) is 0 Å². The van der Waals surface area contributed by atoms with Crippen LogP contribution in [0.15, 0.2) is 24.3 Å². The molecule has 1 rings (SSSR count). The number of hydrogen-bond donors (Lipinski definition) is 0. The van der Waals surface area contributed by atoms with Gasteiger partial charge in [0.1, 0.15) is 0 Å². The van der Waals surface area contributed by atoms with Gasteiger partial charge in [-0.2, -0.15) is 0 Å². The molecule has 0 aromatic rings. The predicted octanol–water partition coefficient (Wildman–Crippen LogP) is 3.09. The second-order valence-electron chi connectivity index (χ2n) is 2.10. The van der Waals surface area contributed by atoms with Crippen LogP contribution in [-0.2, 0) is 19.5 Å². The summed E-state index contributed by atoms with van der Waals surface area (Å²) in [6, 6.07) is 0. The maximum Gasteiger partial charge on any atom is 0 e. The van der Waals surface area contributed by atoms with Crippen LogP contribution in [0.2, 0.25) is 0 Å². The number of halogens is 1. The minimum absolute atomic E-state index is 0. The first-order valence-corrected chi connectivity index (χ1v) is 3.30. The summed E-state index contributed by atoms with van der Waals surface area (Å²) in [5.74, 6) is 0. The molecule has 0 nitrogen and oxygen atoms in total. The first-order valence-electron chi connectivity index (χ1n) is 3.30. The van der Waals surface area contributed by atoms with Gasteiger partial charge in [-0.3, -0.25) is 0 Å². The Balaban J connectivity index is 0. The molecular formula is C8H13ClRh. The fraction of sp³-hybridized carbons (Fsp3) is 0.500. The predicted molar refractivity (Wildman–Crippen MR) is 44.0 cm³/mol. The van der Waals surface area contributed by atoms with Crippen molar-refractivity contribution >= 4 is 12.4 Å². The Morgan fingerprint density at radius 3 is 1.00 bits per heavy atom. The third-order valence-electron chi connectivity index (χ3n) is 1.33. The average molecular weight is 248 g/mol. The zero-order valence-corrected chi connectivity index (χ0v) is 8.33. The minimum atomic E-state index is 0. The van der Waals surface area contributed by atoms with E-state index in [1.165, 1.54) is 25.7 Å². The van der Waals surface area contributed by atoms with Crippen molar-refractivity contribution in [1.82, 2.24) is 0 Å². The molecule has 0 atom stereocenters. The molecule has 0 bridgehead atoms. The molecule has 0 amide bonds. The second kappa shape index (κ2) is 9.39. The van der Waals surface area contributed by atoms with Gasteiger partial charge in [-0.1, -0.05) is 24.3 Å². The fourth-order valence-corrected chi connectivity index (χ4v) is 0.856. The van der Waals surface area contributed by atoms with Crippen LogP contribution in [0.25, 0.3) is 0 Å². The zero-order valence-electron chi connectivity index (χ0n) is 5.88. The molecule has 1 radical (unpaired) electrons. The summed E-state index contributed by atoms with van der Waals surface area (Å²) in [7, 11) is 0.